The van der Waals surface area contributed by atoms with Gasteiger partial charge in [0.25, 0.3) is 0 Å². The van der Waals surface area contributed by atoms with E-state index in [9.17, 15) is 4.79 Å². The van der Waals surface area contributed by atoms with Gasteiger partial charge >= 0.3 is 0 Å². The van der Waals surface area contributed by atoms with Crippen molar-refractivity contribution in [1.29, 1.82) is 0 Å². The Kier molecular flexibility index (Phi) is 5.40. The summed E-state index contributed by atoms with van der Waals surface area (Å²) in [6.45, 7) is 2.85. The number of hydrogen-bond donors (Lipinski definition) is 2. The molecule has 0 bridgehead atoms. The van der Waals surface area contributed by atoms with E-state index in [-0.39, 0.29) is 5.91 Å². The molecule has 0 atom stereocenters. The SMILES string of the molecule is CCCc1ccccc1NCCC(=O)NC. The van der Waals surface area contributed by atoms with E-state index in [0.29, 0.717) is 13.0 Å². The molecule has 0 unspecified atom stereocenters. The largest absolute Gasteiger partial charge is 0.384 e. The quantitative estimate of drug-likeness (QED) is 0.771. The molecule has 0 saturated heterocycles. The first kappa shape index (κ1) is 12.6. The van der Waals surface area contributed by atoms with Crippen LogP contribution in [0.25, 0.3) is 0 Å². The molecule has 16 heavy (non-hydrogen) atoms. The molecule has 0 aliphatic heterocycles. The number of carbonyl (C=O) groups excluding carboxylic acids is 1. The first-order valence-electron chi connectivity index (χ1n) is 5.80. The lowest BCUT2D eigenvalue weighted by Gasteiger charge is -2.10. The van der Waals surface area contributed by atoms with E-state index in [1.165, 1.54) is 5.56 Å². The Balaban J connectivity index is 2.49. The second-order valence-electron chi connectivity index (χ2n) is 3.76. The highest BCUT2D eigenvalue weighted by atomic mass is 16.1. The van der Waals surface area contributed by atoms with Crippen LogP contribution in [-0.4, -0.2) is 19.5 Å². The minimum absolute atomic E-state index is 0.0699. The van der Waals surface area contributed by atoms with Crippen molar-refractivity contribution >= 4 is 11.6 Å². The van der Waals surface area contributed by atoms with Gasteiger partial charge in [-0.15, -0.1) is 0 Å². The summed E-state index contributed by atoms with van der Waals surface area (Å²) in [5.74, 6) is 0.0699. The number of hydrogen-bond acceptors (Lipinski definition) is 2. The summed E-state index contributed by atoms with van der Waals surface area (Å²) < 4.78 is 0. The van der Waals surface area contributed by atoms with E-state index < -0.39 is 0 Å². The van der Waals surface area contributed by atoms with E-state index >= 15 is 0 Å². The first-order chi connectivity index (χ1) is 7.77. The summed E-state index contributed by atoms with van der Waals surface area (Å²) in [4.78, 5) is 11.1. The van der Waals surface area contributed by atoms with Crippen molar-refractivity contribution in [1.82, 2.24) is 5.32 Å². The number of para-hydroxylation sites is 1. The first-order valence-corrected chi connectivity index (χ1v) is 5.80. The topological polar surface area (TPSA) is 41.1 Å². The maximum Gasteiger partial charge on any atom is 0.221 e. The summed E-state index contributed by atoms with van der Waals surface area (Å²) in [5, 5.41) is 5.91. The lowest BCUT2D eigenvalue weighted by Crippen LogP contribution is -2.21. The van der Waals surface area contributed by atoms with Gasteiger partial charge in [0.15, 0.2) is 0 Å². The van der Waals surface area contributed by atoms with Crippen molar-refractivity contribution in [3.05, 3.63) is 29.8 Å². The lowest BCUT2D eigenvalue weighted by molar-refractivity contribution is -0.120. The highest BCUT2D eigenvalue weighted by Gasteiger charge is 2.01. The molecule has 0 spiro atoms. The Morgan fingerprint density at radius 2 is 2.06 bits per heavy atom. The monoisotopic (exact) mass is 220 g/mol. The van der Waals surface area contributed by atoms with Crippen LogP contribution in [0.15, 0.2) is 24.3 Å². The van der Waals surface area contributed by atoms with Crippen molar-refractivity contribution in [3.63, 3.8) is 0 Å². The zero-order chi connectivity index (χ0) is 11.8. The fraction of sp³-hybridized carbons (Fsp3) is 0.462. The number of amides is 1. The Morgan fingerprint density at radius 3 is 2.75 bits per heavy atom. The van der Waals surface area contributed by atoms with Gasteiger partial charge < -0.3 is 10.6 Å². The van der Waals surface area contributed by atoms with Gasteiger partial charge in [-0.25, -0.2) is 0 Å². The summed E-state index contributed by atoms with van der Waals surface area (Å²) in [6.07, 6.45) is 2.72. The molecule has 0 heterocycles. The Hall–Kier alpha value is -1.51. The number of nitrogens with one attached hydrogen (secondary N) is 2. The maximum absolute atomic E-state index is 11.1. The summed E-state index contributed by atoms with van der Waals surface area (Å²) in [7, 11) is 1.66. The third-order valence-electron chi connectivity index (χ3n) is 2.48. The van der Waals surface area contributed by atoms with Crippen molar-refractivity contribution < 1.29 is 4.79 Å². The van der Waals surface area contributed by atoms with Crippen LogP contribution in [0, 0.1) is 0 Å². The zero-order valence-corrected chi connectivity index (χ0v) is 10.0. The fourth-order valence-corrected chi connectivity index (χ4v) is 1.62. The van der Waals surface area contributed by atoms with Crippen LogP contribution in [0.1, 0.15) is 25.3 Å². The van der Waals surface area contributed by atoms with Crippen LogP contribution >= 0.6 is 0 Å². The van der Waals surface area contributed by atoms with E-state index in [4.69, 9.17) is 0 Å². The molecule has 1 aromatic rings. The molecule has 1 rings (SSSR count). The number of aryl methyl sites for hydroxylation is 1. The van der Waals surface area contributed by atoms with Gasteiger partial charge in [0.1, 0.15) is 0 Å². The molecule has 3 nitrogen and oxygen atoms in total. The standard InChI is InChI=1S/C13H20N2O/c1-3-6-11-7-4-5-8-12(11)15-10-9-13(16)14-2/h4-5,7-8,15H,3,6,9-10H2,1-2H3,(H,14,16). The normalized spacial score (nSPS) is 9.88. The minimum atomic E-state index is 0.0699. The number of anilines is 1. The van der Waals surface area contributed by atoms with E-state index in [1.807, 2.05) is 6.07 Å². The van der Waals surface area contributed by atoms with Crippen LogP contribution in [-0.2, 0) is 11.2 Å². The molecule has 0 fully saturated rings. The Bertz CT molecular complexity index is 336. The van der Waals surface area contributed by atoms with Gasteiger partial charge in [0, 0.05) is 25.7 Å². The molecule has 1 aromatic carbocycles. The third-order valence-corrected chi connectivity index (χ3v) is 2.48. The number of rotatable bonds is 6. The summed E-state index contributed by atoms with van der Waals surface area (Å²) in [5.41, 5.74) is 2.47. The fourth-order valence-electron chi connectivity index (χ4n) is 1.62. The molecule has 0 radical (unpaired) electrons. The molecule has 1 amide bonds. The van der Waals surface area contributed by atoms with Gasteiger partial charge in [-0.2, -0.15) is 0 Å². The summed E-state index contributed by atoms with van der Waals surface area (Å²) in [6, 6.07) is 8.26. The van der Waals surface area contributed by atoms with Crippen LogP contribution in [0.5, 0.6) is 0 Å². The second kappa shape index (κ2) is 6.88. The number of carbonyl (C=O) groups is 1. The van der Waals surface area contributed by atoms with Gasteiger partial charge in [0.2, 0.25) is 5.91 Å². The molecule has 2 N–H and O–H groups in total. The second-order valence-corrected chi connectivity index (χ2v) is 3.76. The molecule has 88 valence electrons. The minimum Gasteiger partial charge on any atom is -0.384 e. The molecular formula is C13H20N2O. The number of benzene rings is 1. The molecule has 0 saturated carbocycles. The third kappa shape index (κ3) is 3.93. The van der Waals surface area contributed by atoms with Crippen molar-refractivity contribution in [2.75, 3.05) is 18.9 Å². The van der Waals surface area contributed by atoms with Crippen LogP contribution in [0.3, 0.4) is 0 Å². The van der Waals surface area contributed by atoms with E-state index in [1.54, 1.807) is 7.05 Å². The van der Waals surface area contributed by atoms with Gasteiger partial charge in [-0.3, -0.25) is 4.79 Å². The molecule has 0 aliphatic rings. The predicted octanol–water partition coefficient (Wildman–Crippen LogP) is 2.19. The molecule has 0 aliphatic carbocycles. The van der Waals surface area contributed by atoms with Crippen LogP contribution < -0.4 is 10.6 Å². The highest BCUT2D eigenvalue weighted by molar-refractivity contribution is 5.76. The van der Waals surface area contributed by atoms with Crippen molar-refractivity contribution in [3.8, 4) is 0 Å². The zero-order valence-electron chi connectivity index (χ0n) is 10.0. The van der Waals surface area contributed by atoms with Gasteiger partial charge in [0.05, 0.1) is 0 Å². The average Bonchev–Trinajstić information content (AvgIpc) is 2.31. The van der Waals surface area contributed by atoms with Crippen LogP contribution in [0.4, 0.5) is 5.69 Å². The molecule has 3 heteroatoms. The van der Waals surface area contributed by atoms with Crippen molar-refractivity contribution in [2.24, 2.45) is 0 Å². The smallest absolute Gasteiger partial charge is 0.221 e. The van der Waals surface area contributed by atoms with Crippen molar-refractivity contribution in [2.45, 2.75) is 26.2 Å². The summed E-state index contributed by atoms with van der Waals surface area (Å²) >= 11 is 0. The van der Waals surface area contributed by atoms with Crippen LogP contribution in [0.2, 0.25) is 0 Å². The maximum atomic E-state index is 11.1. The van der Waals surface area contributed by atoms with Gasteiger partial charge in [-0.05, 0) is 18.1 Å². The molecular weight excluding hydrogens is 200 g/mol. The Labute approximate surface area is 97.2 Å². The highest BCUT2D eigenvalue weighted by Crippen LogP contribution is 2.16. The van der Waals surface area contributed by atoms with Gasteiger partial charge in [-0.1, -0.05) is 31.5 Å². The Morgan fingerprint density at radius 1 is 1.31 bits per heavy atom. The average molecular weight is 220 g/mol. The molecule has 0 aromatic heterocycles. The van der Waals surface area contributed by atoms with E-state index in [2.05, 4.69) is 35.8 Å². The predicted molar refractivity (Wildman–Crippen MR) is 67.6 cm³/mol. The van der Waals surface area contributed by atoms with E-state index in [0.717, 1.165) is 18.5 Å². The lowest BCUT2D eigenvalue weighted by atomic mass is 10.1.